The van der Waals surface area contributed by atoms with Crippen LogP contribution in [0, 0.1) is 5.82 Å². The molecule has 0 aliphatic carbocycles. The zero-order chi connectivity index (χ0) is 22.7. The molecule has 5 nitrogen and oxygen atoms in total. The first-order valence-corrected chi connectivity index (χ1v) is 11.1. The number of carbonyl (C=O) groups is 1. The predicted octanol–water partition coefficient (Wildman–Crippen LogP) is 5.62. The molecule has 0 radical (unpaired) electrons. The van der Waals surface area contributed by atoms with Crippen molar-refractivity contribution in [3.05, 3.63) is 82.8 Å². The second-order valence-electron chi connectivity index (χ2n) is 8.63. The number of piperidine rings is 1. The van der Waals surface area contributed by atoms with Crippen LogP contribution in [0.2, 0.25) is 5.02 Å². The summed E-state index contributed by atoms with van der Waals surface area (Å²) >= 11 is 6.07. The Bertz CT molecular complexity index is 1080. The number of likely N-dealkylation sites (tertiary alicyclic amines) is 1. The summed E-state index contributed by atoms with van der Waals surface area (Å²) in [7, 11) is 0. The summed E-state index contributed by atoms with van der Waals surface area (Å²) in [5, 5.41) is 0.689. The monoisotopic (exact) mass is 456 g/mol. The normalized spacial score (nSPS) is 16.8. The van der Waals surface area contributed by atoms with Gasteiger partial charge in [-0.2, -0.15) is 0 Å². The van der Waals surface area contributed by atoms with Gasteiger partial charge in [0.2, 0.25) is 0 Å². The van der Waals surface area contributed by atoms with Crippen molar-refractivity contribution in [2.75, 3.05) is 13.1 Å². The summed E-state index contributed by atoms with van der Waals surface area (Å²) < 4.78 is 25.1. The Kier molecular flexibility index (Phi) is 6.51. The molecular formula is C25H26ClFN2O3. The van der Waals surface area contributed by atoms with E-state index in [1.54, 1.807) is 24.9 Å². The molecule has 4 rings (SSSR count). The van der Waals surface area contributed by atoms with E-state index in [1.165, 1.54) is 24.3 Å². The van der Waals surface area contributed by atoms with Gasteiger partial charge in [-0.15, -0.1) is 0 Å². The van der Waals surface area contributed by atoms with Gasteiger partial charge in [0.05, 0.1) is 12.1 Å². The van der Waals surface area contributed by atoms with E-state index in [2.05, 4.69) is 4.98 Å². The number of rotatable bonds is 6. The third-order valence-corrected chi connectivity index (χ3v) is 5.83. The molecule has 0 N–H and O–H groups in total. The van der Waals surface area contributed by atoms with Crippen LogP contribution in [-0.4, -0.2) is 34.5 Å². The second kappa shape index (κ2) is 9.33. The highest BCUT2D eigenvalue weighted by Crippen LogP contribution is 2.30. The molecule has 0 bridgehead atoms. The number of aromatic nitrogens is 1. The van der Waals surface area contributed by atoms with Gasteiger partial charge in [0.15, 0.2) is 11.5 Å². The van der Waals surface area contributed by atoms with Gasteiger partial charge in [-0.05, 0) is 68.7 Å². The average molecular weight is 457 g/mol. The topological polar surface area (TPSA) is 55.6 Å². The van der Waals surface area contributed by atoms with Crippen LogP contribution >= 0.6 is 11.6 Å². The summed E-state index contributed by atoms with van der Waals surface area (Å²) in [6.07, 6.45) is 4.12. The highest BCUT2D eigenvalue weighted by molar-refractivity contribution is 6.30. The highest BCUT2D eigenvalue weighted by Gasteiger charge is 2.37. The Morgan fingerprint density at radius 1 is 1.28 bits per heavy atom. The number of ether oxygens (including phenoxy) is 1. The molecule has 0 spiro atoms. The maximum Gasteiger partial charge on any atom is 0.266 e. The second-order valence-corrected chi connectivity index (χ2v) is 9.06. The molecule has 1 saturated heterocycles. The summed E-state index contributed by atoms with van der Waals surface area (Å²) in [6.45, 7) is 4.64. The van der Waals surface area contributed by atoms with E-state index < -0.39 is 5.60 Å². The van der Waals surface area contributed by atoms with E-state index in [1.807, 2.05) is 24.3 Å². The van der Waals surface area contributed by atoms with Crippen molar-refractivity contribution in [3.8, 4) is 5.75 Å². The van der Waals surface area contributed by atoms with Crippen molar-refractivity contribution in [1.82, 2.24) is 9.88 Å². The van der Waals surface area contributed by atoms with Gasteiger partial charge in [0, 0.05) is 24.5 Å². The van der Waals surface area contributed by atoms with Crippen molar-refractivity contribution in [1.29, 1.82) is 0 Å². The first kappa shape index (κ1) is 22.3. The lowest BCUT2D eigenvalue weighted by molar-refractivity contribution is -0.146. The van der Waals surface area contributed by atoms with Crippen LogP contribution in [0.3, 0.4) is 0 Å². The highest BCUT2D eigenvalue weighted by atomic mass is 35.5. The molecule has 1 aromatic heterocycles. The third-order valence-electron chi connectivity index (χ3n) is 5.60. The fourth-order valence-corrected chi connectivity index (χ4v) is 4.24. The Morgan fingerprint density at radius 3 is 2.81 bits per heavy atom. The molecular weight excluding hydrogens is 431 g/mol. The summed E-state index contributed by atoms with van der Waals surface area (Å²) in [5.41, 5.74) is -0.0195. The summed E-state index contributed by atoms with van der Waals surface area (Å²) in [6, 6.07) is 13.3. The van der Waals surface area contributed by atoms with E-state index in [-0.39, 0.29) is 17.6 Å². The van der Waals surface area contributed by atoms with Crippen LogP contribution < -0.4 is 4.74 Å². The van der Waals surface area contributed by atoms with Crippen LogP contribution in [0.15, 0.2) is 59.1 Å². The van der Waals surface area contributed by atoms with Crippen molar-refractivity contribution >= 4 is 17.5 Å². The molecule has 1 aliphatic heterocycles. The van der Waals surface area contributed by atoms with Crippen LogP contribution in [0.4, 0.5) is 4.39 Å². The molecule has 1 aliphatic rings. The number of nitrogens with zero attached hydrogens (tertiary/aromatic N) is 2. The minimum Gasteiger partial charge on any atom is -0.478 e. The first-order chi connectivity index (χ1) is 15.3. The van der Waals surface area contributed by atoms with Crippen molar-refractivity contribution < 1.29 is 18.3 Å². The van der Waals surface area contributed by atoms with Crippen molar-refractivity contribution in [3.63, 3.8) is 0 Å². The maximum absolute atomic E-state index is 13.2. The van der Waals surface area contributed by atoms with Gasteiger partial charge < -0.3 is 14.1 Å². The first-order valence-electron chi connectivity index (χ1n) is 10.7. The van der Waals surface area contributed by atoms with Crippen LogP contribution in [0.25, 0.3) is 0 Å². The number of halogens is 2. The van der Waals surface area contributed by atoms with Crippen LogP contribution in [0.1, 0.15) is 49.8 Å². The number of carbonyl (C=O) groups excluding carboxylic acids is 1. The fraction of sp³-hybridized carbons (Fsp3) is 0.360. The third kappa shape index (κ3) is 5.30. The summed E-state index contributed by atoms with van der Waals surface area (Å²) in [4.78, 5) is 19.5. The van der Waals surface area contributed by atoms with Gasteiger partial charge in [0.1, 0.15) is 17.3 Å². The Hall–Kier alpha value is -2.86. The van der Waals surface area contributed by atoms with E-state index in [0.717, 1.165) is 24.2 Å². The number of hydrogen-bond acceptors (Lipinski definition) is 4. The Labute approximate surface area is 192 Å². The number of amides is 1. The number of hydrogen-bond donors (Lipinski definition) is 0. The zero-order valence-corrected chi connectivity index (χ0v) is 18.9. The van der Waals surface area contributed by atoms with Gasteiger partial charge in [0.25, 0.3) is 5.91 Å². The molecule has 1 amide bonds. The molecule has 0 saturated carbocycles. The molecule has 3 aromatic rings. The van der Waals surface area contributed by atoms with Crippen LogP contribution in [0.5, 0.6) is 5.75 Å². The van der Waals surface area contributed by atoms with E-state index in [4.69, 9.17) is 20.8 Å². The molecule has 1 unspecified atom stereocenters. The maximum atomic E-state index is 13.2. The fourth-order valence-electron chi connectivity index (χ4n) is 4.03. The van der Waals surface area contributed by atoms with Gasteiger partial charge in [-0.25, -0.2) is 9.37 Å². The quantitative estimate of drug-likeness (QED) is 0.483. The smallest absolute Gasteiger partial charge is 0.266 e. The molecule has 2 aromatic carbocycles. The van der Waals surface area contributed by atoms with Gasteiger partial charge in [-0.1, -0.05) is 23.7 Å². The molecule has 1 fully saturated rings. The van der Waals surface area contributed by atoms with E-state index in [9.17, 15) is 9.18 Å². The SMILES string of the molecule is CC(C)(Oc1ccc(F)cc1)C(=O)N1CCCC(c2ncc(Cc3cccc(Cl)c3)o2)C1. The predicted molar refractivity (Wildman–Crippen MR) is 120 cm³/mol. The van der Waals surface area contributed by atoms with E-state index >= 15 is 0 Å². The minimum absolute atomic E-state index is 0.0300. The number of oxazole rings is 1. The van der Waals surface area contributed by atoms with Crippen molar-refractivity contribution in [2.45, 2.75) is 44.6 Å². The van der Waals surface area contributed by atoms with Gasteiger partial charge in [-0.3, -0.25) is 4.79 Å². The largest absolute Gasteiger partial charge is 0.478 e. The van der Waals surface area contributed by atoms with Gasteiger partial charge >= 0.3 is 0 Å². The standard InChI is InChI=1S/C25H26ClFN2O3/c1-25(2,32-21-10-8-20(27)9-11-21)24(30)29-12-4-6-18(16-29)23-28-15-22(31-23)14-17-5-3-7-19(26)13-17/h3,5,7-11,13,15,18H,4,6,12,14,16H2,1-2H3. The van der Waals surface area contributed by atoms with E-state index in [0.29, 0.717) is 36.2 Å². The number of benzene rings is 2. The lowest BCUT2D eigenvalue weighted by Gasteiger charge is -2.36. The minimum atomic E-state index is -1.08. The Morgan fingerprint density at radius 2 is 2.06 bits per heavy atom. The lowest BCUT2D eigenvalue weighted by Crippen LogP contribution is -2.51. The van der Waals surface area contributed by atoms with Crippen LogP contribution in [-0.2, 0) is 11.2 Å². The molecule has 7 heteroatoms. The zero-order valence-electron chi connectivity index (χ0n) is 18.2. The molecule has 1 atom stereocenters. The average Bonchev–Trinajstić information content (AvgIpc) is 3.23. The Balaban J connectivity index is 1.41. The summed E-state index contributed by atoms with van der Waals surface area (Å²) in [5.74, 6) is 1.44. The molecule has 168 valence electrons. The molecule has 32 heavy (non-hydrogen) atoms. The van der Waals surface area contributed by atoms with Crippen molar-refractivity contribution in [2.24, 2.45) is 0 Å². The lowest BCUT2D eigenvalue weighted by atomic mass is 9.96. The molecule has 2 heterocycles.